The summed E-state index contributed by atoms with van der Waals surface area (Å²) in [5.41, 5.74) is 2.67. The van der Waals surface area contributed by atoms with Crippen molar-refractivity contribution in [2.75, 3.05) is 6.61 Å². The van der Waals surface area contributed by atoms with Gasteiger partial charge in [0.15, 0.2) is 6.61 Å². The Kier molecular flexibility index (Phi) is 9.26. The number of benzene rings is 1. The highest BCUT2D eigenvalue weighted by Crippen LogP contribution is 2.28. The molecule has 0 saturated carbocycles. The number of para-hydroxylation sites is 1. The lowest BCUT2D eigenvalue weighted by Gasteiger charge is -2.16. The first-order valence-electron chi connectivity index (χ1n) is 11.5. The summed E-state index contributed by atoms with van der Waals surface area (Å²) in [4.78, 5) is 25.2. The third-order valence-electron chi connectivity index (χ3n) is 5.85. The predicted molar refractivity (Wildman–Crippen MR) is 139 cm³/mol. The zero-order valence-electron chi connectivity index (χ0n) is 20.0. The quantitative estimate of drug-likeness (QED) is 0.444. The summed E-state index contributed by atoms with van der Waals surface area (Å²) in [5.74, 6) is -0.0478. The third-order valence-corrected chi connectivity index (χ3v) is 6.14. The van der Waals surface area contributed by atoms with Gasteiger partial charge in [-0.15, -0.1) is 0 Å². The molecule has 3 rings (SSSR count). The highest BCUT2D eigenvalue weighted by molar-refractivity contribution is 6.31. The molecular formula is C28H30ClFN2O3. The normalized spacial score (nSPS) is 16.1. The highest BCUT2D eigenvalue weighted by atomic mass is 35.5. The van der Waals surface area contributed by atoms with E-state index in [0.717, 1.165) is 11.3 Å². The van der Waals surface area contributed by atoms with Crippen LogP contribution in [0.2, 0.25) is 0 Å². The zero-order chi connectivity index (χ0) is 25.4. The molecule has 1 aromatic carbocycles. The number of allylic oxidation sites excluding steroid dienone is 6. The van der Waals surface area contributed by atoms with Crippen molar-refractivity contribution < 1.29 is 13.9 Å². The average molecular weight is 497 g/mol. The number of hydrogen-bond donors (Lipinski definition) is 1. The number of nitrogens with one attached hydrogen (secondary N) is 1. The van der Waals surface area contributed by atoms with Crippen molar-refractivity contribution in [3.05, 3.63) is 105 Å². The summed E-state index contributed by atoms with van der Waals surface area (Å²) in [7, 11) is 0. The van der Waals surface area contributed by atoms with Crippen LogP contribution >= 0.6 is 11.6 Å². The molecule has 184 valence electrons. The fourth-order valence-electron chi connectivity index (χ4n) is 4.02. The fraction of sp³-hybridized carbons (Fsp3) is 0.286. The van der Waals surface area contributed by atoms with E-state index >= 15 is 0 Å². The van der Waals surface area contributed by atoms with Crippen LogP contribution in [-0.2, 0) is 17.9 Å². The Morgan fingerprint density at radius 2 is 2.09 bits per heavy atom. The molecule has 0 radical (unpaired) electrons. The van der Waals surface area contributed by atoms with Gasteiger partial charge in [0.2, 0.25) is 0 Å². The number of ether oxygens (including phenoxy) is 1. The Morgan fingerprint density at radius 3 is 2.80 bits per heavy atom. The number of nitrogens with zero attached hydrogens (tertiary/aromatic N) is 1. The molecule has 1 aliphatic heterocycles. The molecule has 1 aliphatic rings. The summed E-state index contributed by atoms with van der Waals surface area (Å²) in [6.07, 6.45) is 7.92. The number of hydrogen-bond acceptors (Lipinski definition) is 3. The summed E-state index contributed by atoms with van der Waals surface area (Å²) in [6.45, 7) is 7.68. The van der Waals surface area contributed by atoms with Gasteiger partial charge in [0.05, 0.1) is 5.03 Å². The highest BCUT2D eigenvalue weighted by Gasteiger charge is 2.19. The number of amides is 1. The number of fused-ring (bicyclic) bond motifs is 1. The summed E-state index contributed by atoms with van der Waals surface area (Å²) < 4.78 is 21.8. The van der Waals surface area contributed by atoms with Crippen LogP contribution in [0.4, 0.5) is 4.39 Å². The minimum Gasteiger partial charge on any atom is -0.484 e. The molecule has 1 atom stereocenters. The maximum Gasteiger partial charge on any atom is 0.258 e. The number of halogens is 2. The number of pyridine rings is 1. The second-order valence-electron chi connectivity index (χ2n) is 8.53. The van der Waals surface area contributed by atoms with Crippen LogP contribution in [0.15, 0.2) is 82.4 Å². The van der Waals surface area contributed by atoms with E-state index in [1.807, 2.05) is 36.4 Å². The van der Waals surface area contributed by atoms with E-state index in [1.165, 1.54) is 12.2 Å². The molecule has 0 fully saturated rings. The van der Waals surface area contributed by atoms with E-state index < -0.39 is 5.83 Å². The molecule has 0 spiro atoms. The van der Waals surface area contributed by atoms with Crippen molar-refractivity contribution in [1.29, 1.82) is 0 Å². The summed E-state index contributed by atoms with van der Waals surface area (Å²) in [5, 5.41) is 2.90. The van der Waals surface area contributed by atoms with Gasteiger partial charge in [-0.05, 0) is 74.1 Å². The van der Waals surface area contributed by atoms with Gasteiger partial charge in [0, 0.05) is 24.3 Å². The average Bonchev–Trinajstić information content (AvgIpc) is 3.07. The molecule has 7 heteroatoms. The van der Waals surface area contributed by atoms with E-state index in [2.05, 4.69) is 11.9 Å². The van der Waals surface area contributed by atoms with Gasteiger partial charge >= 0.3 is 0 Å². The number of carbonyl (C=O) groups excluding carboxylic acids is 1. The van der Waals surface area contributed by atoms with E-state index in [0.29, 0.717) is 36.3 Å². The van der Waals surface area contributed by atoms with Crippen LogP contribution < -0.4 is 15.6 Å². The zero-order valence-corrected chi connectivity index (χ0v) is 20.8. The molecule has 2 aromatic rings. The Bertz CT molecular complexity index is 1230. The smallest absolute Gasteiger partial charge is 0.258 e. The van der Waals surface area contributed by atoms with Crippen LogP contribution in [0, 0.1) is 12.8 Å². The van der Waals surface area contributed by atoms with Gasteiger partial charge in [0.1, 0.15) is 11.6 Å². The summed E-state index contributed by atoms with van der Waals surface area (Å²) >= 11 is 5.98. The van der Waals surface area contributed by atoms with Gasteiger partial charge in [-0.3, -0.25) is 9.59 Å². The molecule has 0 saturated heterocycles. The Hall–Kier alpha value is -3.38. The first-order chi connectivity index (χ1) is 16.8. The molecule has 1 unspecified atom stereocenters. The van der Waals surface area contributed by atoms with Gasteiger partial charge in [-0.1, -0.05) is 48.5 Å². The largest absolute Gasteiger partial charge is 0.484 e. The van der Waals surface area contributed by atoms with Crippen LogP contribution in [0.1, 0.15) is 36.6 Å². The molecule has 1 N–H and O–H groups in total. The molecule has 0 aliphatic carbocycles. The number of aryl methyl sites for hydroxylation is 1. The topological polar surface area (TPSA) is 60.3 Å². The van der Waals surface area contributed by atoms with Crippen molar-refractivity contribution in [2.45, 2.75) is 39.8 Å². The van der Waals surface area contributed by atoms with Crippen LogP contribution in [-0.4, -0.2) is 17.1 Å². The van der Waals surface area contributed by atoms with Crippen molar-refractivity contribution in [3.8, 4) is 5.75 Å². The third kappa shape index (κ3) is 7.06. The van der Waals surface area contributed by atoms with E-state index in [1.54, 1.807) is 30.5 Å². The minimum absolute atomic E-state index is 0.0273. The first-order valence-corrected chi connectivity index (χ1v) is 11.9. The lowest BCUT2D eigenvalue weighted by molar-refractivity contribution is -0.123. The second-order valence-corrected chi connectivity index (χ2v) is 8.94. The van der Waals surface area contributed by atoms with Gasteiger partial charge in [-0.2, -0.15) is 0 Å². The minimum atomic E-state index is -0.448. The van der Waals surface area contributed by atoms with Crippen molar-refractivity contribution in [2.24, 2.45) is 5.92 Å². The van der Waals surface area contributed by atoms with E-state index in [4.69, 9.17) is 16.3 Å². The fourth-order valence-corrected chi connectivity index (χ4v) is 4.27. The van der Waals surface area contributed by atoms with Gasteiger partial charge < -0.3 is 14.6 Å². The molecule has 2 heterocycles. The van der Waals surface area contributed by atoms with E-state index in [9.17, 15) is 14.0 Å². The number of carbonyl (C=O) groups is 1. The Morgan fingerprint density at radius 1 is 1.34 bits per heavy atom. The predicted octanol–water partition coefficient (Wildman–Crippen LogP) is 5.83. The SMILES string of the molecule is C=C/C=C(Cl)\C(F)=C(/C)CC1C=Cc2c(CNC(=O)COc3ccccc3)cc(C)c(=O)n2CC1. The first kappa shape index (κ1) is 26.2. The molecule has 1 aromatic heterocycles. The maximum atomic E-state index is 14.5. The molecule has 35 heavy (non-hydrogen) atoms. The van der Waals surface area contributed by atoms with Gasteiger partial charge in [-0.25, -0.2) is 4.39 Å². The lowest BCUT2D eigenvalue weighted by atomic mass is 9.96. The van der Waals surface area contributed by atoms with Crippen molar-refractivity contribution >= 4 is 23.6 Å². The van der Waals surface area contributed by atoms with Crippen LogP contribution in [0.25, 0.3) is 6.08 Å². The molecule has 0 bridgehead atoms. The Balaban J connectivity index is 1.73. The van der Waals surface area contributed by atoms with Crippen LogP contribution in [0.3, 0.4) is 0 Å². The molecule has 1 amide bonds. The van der Waals surface area contributed by atoms with E-state index in [-0.39, 0.29) is 35.6 Å². The Labute approximate surface area is 210 Å². The summed E-state index contributed by atoms with van der Waals surface area (Å²) in [6, 6.07) is 10.9. The molecular weight excluding hydrogens is 467 g/mol. The number of aromatic nitrogens is 1. The second kappa shape index (κ2) is 12.4. The standard InChI is InChI=1S/C28H30ClFN2O3/c1-4-8-24(29)27(30)19(2)15-21-11-12-25-22(16-20(3)28(34)32(25)14-13-21)17-31-26(33)18-35-23-9-6-5-7-10-23/h4-12,16,21H,1,13-15,17-18H2,2-3H3,(H,31,33)/b24-8+,27-19-. The van der Waals surface area contributed by atoms with Gasteiger partial charge in [0.25, 0.3) is 11.5 Å². The number of rotatable bonds is 9. The van der Waals surface area contributed by atoms with Crippen molar-refractivity contribution in [3.63, 3.8) is 0 Å². The van der Waals surface area contributed by atoms with Crippen molar-refractivity contribution in [1.82, 2.24) is 9.88 Å². The maximum absolute atomic E-state index is 14.5. The van der Waals surface area contributed by atoms with Crippen LogP contribution in [0.5, 0.6) is 5.75 Å². The molecule has 5 nitrogen and oxygen atoms in total. The lowest BCUT2D eigenvalue weighted by Crippen LogP contribution is -2.31. The monoisotopic (exact) mass is 496 g/mol.